The SMILES string of the molecule is C=C/C=C\C=C(/C)c1ccc2c3cc(C=c4/c(=C\C=C/C)oc5ccc(-c6ccc7c(c6)c6ccccc6n7-c6ccccc6)cc45)ccc3n(-c3ccccc3)c2c1C. The van der Waals surface area contributed by atoms with Gasteiger partial charge < -0.3 is 13.6 Å². The second-order valence-corrected chi connectivity index (χ2v) is 15.4. The molecule has 0 spiro atoms. The Hall–Kier alpha value is -7.62. The highest BCUT2D eigenvalue weighted by atomic mass is 16.3. The maximum absolute atomic E-state index is 6.59. The fourth-order valence-corrected chi connectivity index (χ4v) is 8.97. The molecule has 0 N–H and O–H groups in total. The quantitative estimate of drug-likeness (QED) is 0.141. The number of furan rings is 1. The van der Waals surface area contributed by atoms with Crippen molar-refractivity contribution >= 4 is 72.3 Å². The highest BCUT2D eigenvalue weighted by Crippen LogP contribution is 2.38. The lowest BCUT2D eigenvalue weighted by Gasteiger charge is -2.13. The topological polar surface area (TPSA) is 23.0 Å². The van der Waals surface area contributed by atoms with Crippen molar-refractivity contribution in [1.29, 1.82) is 0 Å². The minimum Gasteiger partial charge on any atom is -0.456 e. The van der Waals surface area contributed by atoms with Crippen molar-refractivity contribution in [3.8, 4) is 22.5 Å². The third kappa shape index (κ3) is 6.23. The first-order valence-electron chi connectivity index (χ1n) is 20.6. The van der Waals surface area contributed by atoms with E-state index in [1.165, 1.54) is 60.3 Å². The first-order valence-corrected chi connectivity index (χ1v) is 20.6. The summed E-state index contributed by atoms with van der Waals surface area (Å²) in [6, 6.07) is 54.8. The third-order valence-corrected chi connectivity index (χ3v) is 11.8. The highest BCUT2D eigenvalue weighted by Gasteiger charge is 2.18. The number of fused-ring (bicyclic) bond motifs is 7. The van der Waals surface area contributed by atoms with Crippen molar-refractivity contribution in [1.82, 2.24) is 9.13 Å². The van der Waals surface area contributed by atoms with Crippen molar-refractivity contribution in [2.24, 2.45) is 0 Å². The zero-order valence-electron chi connectivity index (χ0n) is 34.1. The Labute approximate surface area is 349 Å². The monoisotopic (exact) mass is 772 g/mol. The summed E-state index contributed by atoms with van der Waals surface area (Å²) in [5, 5.41) is 7.04. The van der Waals surface area contributed by atoms with Gasteiger partial charge in [-0.05, 0) is 133 Å². The van der Waals surface area contributed by atoms with Gasteiger partial charge in [0.05, 0.1) is 22.1 Å². The lowest BCUT2D eigenvalue weighted by molar-refractivity contribution is 0.576. The number of aryl methyl sites for hydroxylation is 1. The van der Waals surface area contributed by atoms with Gasteiger partial charge in [-0.25, -0.2) is 0 Å². The predicted molar refractivity (Wildman–Crippen MR) is 257 cm³/mol. The van der Waals surface area contributed by atoms with Crippen LogP contribution in [0, 0.1) is 6.92 Å². The molecule has 0 saturated heterocycles. The average molecular weight is 773 g/mol. The standard InChI is InChI=1S/C57H44N2O/c1-5-7-11-18-38(3)45-29-30-47-48-34-40(26-31-54(48)59(57(47)39(45)4)44-21-14-10-15-22-44)35-50-51-37-42(28-33-56(51)60-55(50)25-8-6-2)41-27-32-53-49(36-41)46-23-16-17-24-52(46)58(53)43-19-12-9-13-20-43/h5-37H,1H2,2-4H3/b8-6-,11-7-,38-18+,50-35?,55-25+. The van der Waals surface area contributed by atoms with Gasteiger partial charge in [0.2, 0.25) is 0 Å². The molecule has 0 aliphatic rings. The van der Waals surface area contributed by atoms with E-state index in [0.717, 1.165) is 49.7 Å². The molecule has 3 heteroatoms. The van der Waals surface area contributed by atoms with Crippen molar-refractivity contribution in [2.75, 3.05) is 0 Å². The van der Waals surface area contributed by atoms with E-state index in [0.29, 0.717) is 0 Å². The van der Waals surface area contributed by atoms with Crippen LogP contribution in [0.4, 0.5) is 0 Å². The number of hydrogen-bond donors (Lipinski definition) is 0. The summed E-state index contributed by atoms with van der Waals surface area (Å²) in [5.41, 5.74) is 15.9. The van der Waals surface area contributed by atoms with E-state index in [-0.39, 0.29) is 0 Å². The smallest absolute Gasteiger partial charge is 0.135 e. The molecule has 0 aliphatic carbocycles. The Morgan fingerprint density at radius 2 is 1.23 bits per heavy atom. The van der Waals surface area contributed by atoms with Crippen molar-refractivity contribution in [2.45, 2.75) is 20.8 Å². The molecular formula is C57H44N2O. The number of hydrogen-bond acceptors (Lipinski definition) is 1. The number of allylic oxidation sites excluding steroid dienone is 7. The van der Waals surface area contributed by atoms with Crippen LogP contribution in [0.5, 0.6) is 0 Å². The summed E-state index contributed by atoms with van der Waals surface area (Å²) < 4.78 is 11.4. The van der Waals surface area contributed by atoms with E-state index in [2.05, 4.69) is 206 Å². The number of aromatic nitrogens is 2. The third-order valence-electron chi connectivity index (χ3n) is 11.8. The van der Waals surface area contributed by atoms with Crippen LogP contribution in [0.25, 0.3) is 94.8 Å². The molecule has 3 aromatic heterocycles. The largest absolute Gasteiger partial charge is 0.456 e. The molecule has 0 saturated carbocycles. The van der Waals surface area contributed by atoms with Crippen LogP contribution < -0.4 is 10.6 Å². The summed E-state index contributed by atoms with van der Waals surface area (Å²) in [5.74, 6) is 0. The van der Waals surface area contributed by atoms with Gasteiger partial charge in [0.15, 0.2) is 0 Å². The van der Waals surface area contributed by atoms with E-state index >= 15 is 0 Å². The van der Waals surface area contributed by atoms with Crippen LogP contribution in [-0.2, 0) is 0 Å². The molecule has 7 aromatic carbocycles. The number of para-hydroxylation sites is 3. The first-order chi connectivity index (χ1) is 29.5. The summed E-state index contributed by atoms with van der Waals surface area (Å²) in [6.45, 7) is 10.3. The zero-order valence-corrected chi connectivity index (χ0v) is 34.1. The molecule has 3 nitrogen and oxygen atoms in total. The number of nitrogens with zero attached hydrogens (tertiary/aromatic N) is 2. The Morgan fingerprint density at radius 3 is 2.00 bits per heavy atom. The van der Waals surface area contributed by atoms with Crippen molar-refractivity contribution < 1.29 is 4.42 Å². The summed E-state index contributed by atoms with van der Waals surface area (Å²) in [4.78, 5) is 0. The van der Waals surface area contributed by atoms with Crippen LogP contribution in [0.3, 0.4) is 0 Å². The molecule has 0 atom stereocenters. The molecule has 0 unspecified atom stereocenters. The Kier molecular flexibility index (Phi) is 9.35. The Bertz CT molecular complexity index is 3510. The summed E-state index contributed by atoms with van der Waals surface area (Å²) >= 11 is 0. The van der Waals surface area contributed by atoms with Crippen LogP contribution >= 0.6 is 0 Å². The number of rotatable bonds is 8. The van der Waals surface area contributed by atoms with Crippen LogP contribution in [0.15, 0.2) is 199 Å². The molecule has 0 fully saturated rings. The van der Waals surface area contributed by atoms with Gasteiger partial charge in [-0.3, -0.25) is 0 Å². The normalized spacial score (nSPS) is 13.2. The van der Waals surface area contributed by atoms with Crippen LogP contribution in [-0.4, -0.2) is 9.13 Å². The molecule has 60 heavy (non-hydrogen) atoms. The molecular weight excluding hydrogens is 729 g/mol. The van der Waals surface area contributed by atoms with Crippen LogP contribution in [0.2, 0.25) is 0 Å². The Balaban J connectivity index is 1.16. The molecule has 0 bridgehead atoms. The van der Waals surface area contributed by atoms with Gasteiger partial charge in [-0.15, -0.1) is 0 Å². The summed E-state index contributed by atoms with van der Waals surface area (Å²) in [7, 11) is 0. The van der Waals surface area contributed by atoms with Gasteiger partial charge in [0.25, 0.3) is 0 Å². The molecule has 0 radical (unpaired) electrons. The maximum Gasteiger partial charge on any atom is 0.135 e. The maximum atomic E-state index is 6.59. The van der Waals surface area contributed by atoms with E-state index in [1.807, 2.05) is 25.2 Å². The lowest BCUT2D eigenvalue weighted by atomic mass is 9.98. The second kappa shape index (κ2) is 15.3. The Morgan fingerprint density at radius 1 is 0.583 bits per heavy atom. The van der Waals surface area contributed by atoms with E-state index in [4.69, 9.17) is 4.42 Å². The molecule has 10 aromatic rings. The van der Waals surface area contributed by atoms with Gasteiger partial charge in [0, 0.05) is 43.5 Å². The van der Waals surface area contributed by atoms with Gasteiger partial charge in [-0.1, -0.05) is 128 Å². The van der Waals surface area contributed by atoms with Crippen LogP contribution in [0.1, 0.15) is 30.5 Å². The van der Waals surface area contributed by atoms with Crippen molar-refractivity contribution in [3.05, 3.63) is 222 Å². The van der Waals surface area contributed by atoms with Gasteiger partial charge in [0.1, 0.15) is 11.0 Å². The minimum absolute atomic E-state index is 0.835. The van der Waals surface area contributed by atoms with E-state index < -0.39 is 0 Å². The van der Waals surface area contributed by atoms with Gasteiger partial charge >= 0.3 is 0 Å². The second-order valence-electron chi connectivity index (χ2n) is 15.4. The van der Waals surface area contributed by atoms with E-state index in [9.17, 15) is 0 Å². The molecule has 0 aliphatic heterocycles. The minimum atomic E-state index is 0.835. The highest BCUT2D eigenvalue weighted by molar-refractivity contribution is 6.12. The fraction of sp³-hybridized carbons (Fsp3) is 0.0526. The molecule has 3 heterocycles. The number of benzene rings is 7. The molecule has 10 rings (SSSR count). The van der Waals surface area contributed by atoms with Gasteiger partial charge in [-0.2, -0.15) is 0 Å². The van der Waals surface area contributed by atoms with E-state index in [1.54, 1.807) is 6.08 Å². The average Bonchev–Trinajstić information content (AvgIpc) is 3.93. The fourth-order valence-electron chi connectivity index (χ4n) is 8.97. The summed E-state index contributed by atoms with van der Waals surface area (Å²) in [6.07, 6.45) is 16.4. The molecule has 0 amide bonds. The first kappa shape index (κ1) is 36.7. The van der Waals surface area contributed by atoms with Crippen molar-refractivity contribution in [3.63, 3.8) is 0 Å². The zero-order chi connectivity index (χ0) is 40.7. The predicted octanol–water partition coefficient (Wildman–Crippen LogP) is 13.9. The lowest BCUT2D eigenvalue weighted by Crippen LogP contribution is -2.19. The molecule has 288 valence electrons.